The van der Waals surface area contributed by atoms with E-state index in [0.717, 1.165) is 26.4 Å². The molecule has 1 saturated heterocycles. The molecule has 0 unspecified atom stereocenters. The van der Waals surface area contributed by atoms with E-state index in [4.69, 9.17) is 18.9 Å². The van der Waals surface area contributed by atoms with Crippen LogP contribution in [-0.4, -0.2) is 57.7 Å². The van der Waals surface area contributed by atoms with Gasteiger partial charge < -0.3 is 18.9 Å². The Kier molecular flexibility index (Phi) is 9.49. The van der Waals surface area contributed by atoms with Crippen LogP contribution in [0.1, 0.15) is 17.5 Å². The van der Waals surface area contributed by atoms with E-state index in [9.17, 15) is 21.6 Å². The van der Waals surface area contributed by atoms with E-state index < -0.39 is 52.8 Å². The van der Waals surface area contributed by atoms with Gasteiger partial charge in [-0.2, -0.15) is 21.6 Å². The lowest BCUT2D eigenvalue weighted by Gasteiger charge is -2.45. The van der Waals surface area contributed by atoms with E-state index >= 15 is 0 Å². The summed E-state index contributed by atoms with van der Waals surface area (Å²) in [6.45, 7) is -0.406. The van der Waals surface area contributed by atoms with Gasteiger partial charge in [-0.3, -0.25) is 4.18 Å². The van der Waals surface area contributed by atoms with Crippen molar-refractivity contribution >= 4 is 36.8 Å². The summed E-state index contributed by atoms with van der Waals surface area (Å²) in [5, 5.41) is 2.03. The Hall–Kier alpha value is -2.32. The molecule has 3 aromatic carbocycles. The number of halogens is 4. The van der Waals surface area contributed by atoms with Crippen molar-refractivity contribution in [2.45, 2.75) is 55.7 Å². The Balaban J connectivity index is 1.43. The molecule has 2 aliphatic heterocycles. The molecule has 0 saturated carbocycles. The minimum Gasteiger partial charge on any atom is -0.369 e. The lowest BCUT2D eigenvalue weighted by Crippen LogP contribution is -2.61. The SMILES string of the molecule is O=S(=O)(OC[C@H]1O[C@H]2CC=CCO[C@@H]2[C@@H](OCc2ccc(Br)cc2)[C@@H]1OCc1ccc2ccccc2c1)C(F)(F)F. The number of fused-ring (bicyclic) bond motifs is 2. The fraction of sp³-hybridized carbons (Fsp3) is 0.379. The summed E-state index contributed by atoms with van der Waals surface area (Å²) in [7, 11) is -5.85. The van der Waals surface area contributed by atoms with Crippen molar-refractivity contribution in [1.82, 2.24) is 0 Å². The highest BCUT2D eigenvalue weighted by atomic mass is 79.9. The maximum Gasteiger partial charge on any atom is 0.523 e. The number of rotatable bonds is 9. The van der Waals surface area contributed by atoms with Gasteiger partial charge in [0.05, 0.1) is 32.5 Å². The van der Waals surface area contributed by atoms with Gasteiger partial charge in [-0.05, 0) is 46.5 Å². The van der Waals surface area contributed by atoms with E-state index in [-0.39, 0.29) is 19.8 Å². The Bertz CT molecular complexity index is 1460. The number of alkyl halides is 3. The van der Waals surface area contributed by atoms with Crippen LogP contribution in [0.2, 0.25) is 0 Å². The molecule has 41 heavy (non-hydrogen) atoms. The molecular formula is C29H28BrF3O7S. The lowest BCUT2D eigenvalue weighted by atomic mass is 9.93. The maximum atomic E-state index is 13.1. The van der Waals surface area contributed by atoms with Crippen LogP contribution in [0.25, 0.3) is 10.8 Å². The summed E-state index contributed by atoms with van der Waals surface area (Å²) in [5.74, 6) is 0. The average Bonchev–Trinajstić information content (AvgIpc) is 3.19. The third kappa shape index (κ3) is 7.37. The quantitative estimate of drug-likeness (QED) is 0.158. The topological polar surface area (TPSA) is 80.3 Å². The van der Waals surface area contributed by atoms with Crippen molar-refractivity contribution in [2.75, 3.05) is 13.2 Å². The van der Waals surface area contributed by atoms with E-state index in [2.05, 4.69) is 20.1 Å². The normalized spacial score (nSPS) is 25.1. The van der Waals surface area contributed by atoms with Crippen molar-refractivity contribution < 1.29 is 44.7 Å². The van der Waals surface area contributed by atoms with E-state index in [1.54, 1.807) is 0 Å². The van der Waals surface area contributed by atoms with Crippen LogP contribution in [0.5, 0.6) is 0 Å². The molecule has 0 bridgehead atoms. The van der Waals surface area contributed by atoms with Crippen LogP contribution in [-0.2, 0) is 46.5 Å². The predicted octanol–water partition coefficient (Wildman–Crippen LogP) is 6.05. The smallest absolute Gasteiger partial charge is 0.369 e. The Morgan fingerprint density at radius 3 is 2.32 bits per heavy atom. The van der Waals surface area contributed by atoms with Gasteiger partial charge in [0.15, 0.2) is 0 Å². The van der Waals surface area contributed by atoms with Gasteiger partial charge in [-0.1, -0.05) is 76.6 Å². The van der Waals surface area contributed by atoms with Crippen molar-refractivity contribution in [3.63, 3.8) is 0 Å². The molecule has 2 heterocycles. The molecule has 0 aromatic heterocycles. The maximum absolute atomic E-state index is 13.1. The van der Waals surface area contributed by atoms with E-state index in [1.165, 1.54) is 0 Å². The fourth-order valence-corrected chi connectivity index (χ4v) is 5.60. The third-order valence-corrected chi connectivity index (χ3v) is 8.47. The second-order valence-corrected chi connectivity index (χ2v) is 12.3. The first kappa shape index (κ1) is 30.1. The minimum absolute atomic E-state index is 0.0646. The van der Waals surface area contributed by atoms with E-state index in [1.807, 2.05) is 78.9 Å². The molecule has 1 fully saturated rings. The summed E-state index contributed by atoms with van der Waals surface area (Å²) in [4.78, 5) is 0. The van der Waals surface area contributed by atoms with E-state index in [0.29, 0.717) is 6.42 Å². The largest absolute Gasteiger partial charge is 0.523 e. The second-order valence-electron chi connectivity index (χ2n) is 9.76. The average molecular weight is 658 g/mol. The molecule has 220 valence electrons. The zero-order valence-electron chi connectivity index (χ0n) is 21.7. The van der Waals surface area contributed by atoms with Crippen molar-refractivity contribution in [3.05, 3.63) is 94.5 Å². The fourth-order valence-electron chi connectivity index (χ4n) is 4.89. The van der Waals surface area contributed by atoms with Crippen molar-refractivity contribution in [3.8, 4) is 0 Å². The first-order valence-electron chi connectivity index (χ1n) is 12.9. The van der Waals surface area contributed by atoms with Crippen LogP contribution < -0.4 is 0 Å². The highest BCUT2D eigenvalue weighted by molar-refractivity contribution is 9.10. The molecule has 0 spiro atoms. The summed E-state index contributed by atoms with van der Waals surface area (Å²) < 4.78 is 92.8. The van der Waals surface area contributed by atoms with Crippen LogP contribution >= 0.6 is 15.9 Å². The predicted molar refractivity (Wildman–Crippen MR) is 148 cm³/mol. The molecule has 0 aliphatic carbocycles. The molecule has 5 atom stereocenters. The van der Waals surface area contributed by atoms with Crippen LogP contribution in [0.15, 0.2) is 83.4 Å². The van der Waals surface area contributed by atoms with Gasteiger partial charge in [-0.15, -0.1) is 0 Å². The molecule has 0 N–H and O–H groups in total. The van der Waals surface area contributed by atoms with Crippen LogP contribution in [0, 0.1) is 0 Å². The molecule has 0 radical (unpaired) electrons. The minimum atomic E-state index is -5.85. The molecule has 2 aliphatic rings. The molecule has 0 amide bonds. The first-order valence-corrected chi connectivity index (χ1v) is 15.1. The van der Waals surface area contributed by atoms with Crippen LogP contribution in [0.3, 0.4) is 0 Å². The number of hydrogen-bond donors (Lipinski definition) is 0. The van der Waals surface area contributed by atoms with Gasteiger partial charge in [-0.25, -0.2) is 0 Å². The Morgan fingerprint density at radius 1 is 0.878 bits per heavy atom. The Morgan fingerprint density at radius 2 is 1.56 bits per heavy atom. The first-order chi connectivity index (χ1) is 19.6. The monoisotopic (exact) mass is 656 g/mol. The van der Waals surface area contributed by atoms with Gasteiger partial charge in [0.1, 0.15) is 24.4 Å². The summed E-state index contributed by atoms with van der Waals surface area (Å²) in [6, 6.07) is 21.0. The number of ether oxygens (including phenoxy) is 4. The van der Waals surface area contributed by atoms with Gasteiger partial charge in [0.2, 0.25) is 0 Å². The summed E-state index contributed by atoms with van der Waals surface area (Å²) in [5.41, 5.74) is -3.91. The standard InChI is InChI=1S/C29H28BrF3O7S/c30-23-12-9-19(10-13-23)16-38-28-26-24(7-3-4-14-36-26)40-25(18-39-41(34,35)29(31,32)33)27(28)37-17-20-8-11-21-5-1-2-6-22(21)15-20/h1-6,8-13,15,24-28H,7,14,16-18H2/t24-,25+,26-,27+,28+/m0/s1. The number of hydrogen-bond acceptors (Lipinski definition) is 7. The lowest BCUT2D eigenvalue weighted by molar-refractivity contribution is -0.263. The van der Waals surface area contributed by atoms with Crippen molar-refractivity contribution in [1.29, 1.82) is 0 Å². The van der Waals surface area contributed by atoms with Crippen molar-refractivity contribution in [2.24, 2.45) is 0 Å². The van der Waals surface area contributed by atoms with Gasteiger partial charge in [0.25, 0.3) is 0 Å². The molecule has 7 nitrogen and oxygen atoms in total. The summed E-state index contributed by atoms with van der Waals surface area (Å²) >= 11 is 3.40. The molecule has 12 heteroatoms. The molecule has 3 aromatic rings. The molecular weight excluding hydrogens is 629 g/mol. The zero-order chi connectivity index (χ0) is 29.0. The Labute approximate surface area is 244 Å². The van der Waals surface area contributed by atoms with Gasteiger partial charge in [0, 0.05) is 4.47 Å². The van der Waals surface area contributed by atoms with Gasteiger partial charge >= 0.3 is 15.6 Å². The zero-order valence-corrected chi connectivity index (χ0v) is 24.1. The highest BCUT2D eigenvalue weighted by Gasteiger charge is 2.51. The molecule has 5 rings (SSSR count). The second kappa shape index (κ2) is 12.9. The van der Waals surface area contributed by atoms with Crippen LogP contribution in [0.4, 0.5) is 13.2 Å². The highest BCUT2D eigenvalue weighted by Crippen LogP contribution is 2.34. The third-order valence-electron chi connectivity index (χ3n) is 6.93. The summed E-state index contributed by atoms with van der Waals surface area (Å²) in [6.07, 6.45) is -0.208. The number of benzene rings is 3.